The summed E-state index contributed by atoms with van der Waals surface area (Å²) in [4.78, 5) is 24.1. The fraction of sp³-hybridized carbons (Fsp3) is 0.500. The molecule has 23 heavy (non-hydrogen) atoms. The van der Waals surface area contributed by atoms with Crippen LogP contribution in [0.2, 0.25) is 0 Å². The van der Waals surface area contributed by atoms with Gasteiger partial charge >= 0.3 is 0 Å². The normalized spacial score (nSPS) is 21.6. The van der Waals surface area contributed by atoms with Gasteiger partial charge in [0.15, 0.2) is 0 Å². The Labute approximate surface area is 135 Å². The van der Waals surface area contributed by atoms with Crippen LogP contribution in [0.3, 0.4) is 0 Å². The third-order valence-corrected chi connectivity index (χ3v) is 5.79. The number of benzene rings is 1. The van der Waals surface area contributed by atoms with Gasteiger partial charge in [-0.25, -0.2) is 13.1 Å². The summed E-state index contributed by atoms with van der Waals surface area (Å²) >= 11 is 0. The van der Waals surface area contributed by atoms with Gasteiger partial charge in [-0.15, -0.1) is 0 Å². The Bertz CT molecular complexity index is 713. The Kier molecular flexibility index (Phi) is 4.50. The predicted molar refractivity (Wildman–Crippen MR) is 85.0 cm³/mol. The molecule has 1 saturated heterocycles. The van der Waals surface area contributed by atoms with Crippen LogP contribution in [0.15, 0.2) is 24.3 Å². The maximum absolute atomic E-state index is 12.3. The van der Waals surface area contributed by atoms with Crippen LogP contribution in [0.5, 0.6) is 0 Å². The molecule has 1 atom stereocenters. The second-order valence-electron chi connectivity index (χ2n) is 6.02. The molecule has 1 heterocycles. The number of carbonyl (C=O) groups is 2. The van der Waals surface area contributed by atoms with Crippen molar-refractivity contribution >= 4 is 21.8 Å². The lowest BCUT2D eigenvalue weighted by atomic mass is 9.88. The topological polar surface area (TPSA) is 83.6 Å². The van der Waals surface area contributed by atoms with E-state index in [1.165, 1.54) is 5.56 Å². The van der Waals surface area contributed by atoms with Crippen LogP contribution in [0.1, 0.15) is 42.9 Å². The van der Waals surface area contributed by atoms with Gasteiger partial charge in [0.05, 0.1) is 5.75 Å². The van der Waals surface area contributed by atoms with Crippen LogP contribution in [0.25, 0.3) is 0 Å². The number of imide groups is 1. The van der Waals surface area contributed by atoms with Crippen LogP contribution < -0.4 is 4.72 Å². The van der Waals surface area contributed by atoms with Gasteiger partial charge in [0.2, 0.25) is 21.8 Å². The van der Waals surface area contributed by atoms with Gasteiger partial charge < -0.3 is 0 Å². The maximum atomic E-state index is 12.3. The van der Waals surface area contributed by atoms with E-state index in [4.69, 9.17) is 0 Å². The van der Waals surface area contributed by atoms with Crippen molar-refractivity contribution < 1.29 is 18.0 Å². The number of rotatable bonds is 5. The summed E-state index contributed by atoms with van der Waals surface area (Å²) < 4.78 is 27.4. The summed E-state index contributed by atoms with van der Waals surface area (Å²) in [6.07, 6.45) is 3.03. The first-order chi connectivity index (χ1) is 11.0. The molecule has 0 saturated carbocycles. The van der Waals surface area contributed by atoms with Gasteiger partial charge in [0.1, 0.15) is 0 Å². The SMILES string of the molecule is O=C1CCC(=O)N1CCS(=O)(=O)NC1CCCc2ccccc21. The molecule has 1 N–H and O–H groups in total. The largest absolute Gasteiger partial charge is 0.282 e. The predicted octanol–water partition coefficient (Wildman–Crippen LogP) is 1.13. The maximum Gasteiger partial charge on any atom is 0.229 e. The molecule has 1 aliphatic carbocycles. The Morgan fingerprint density at radius 2 is 1.78 bits per heavy atom. The lowest BCUT2D eigenvalue weighted by Gasteiger charge is -2.26. The Morgan fingerprint density at radius 3 is 2.52 bits per heavy atom. The molecule has 7 heteroatoms. The molecule has 2 aliphatic rings. The molecule has 1 aromatic rings. The minimum Gasteiger partial charge on any atom is -0.282 e. The number of nitrogens with zero attached hydrogens (tertiary/aromatic N) is 1. The number of nitrogens with one attached hydrogen (secondary N) is 1. The second-order valence-corrected chi connectivity index (χ2v) is 7.89. The first-order valence-corrected chi connectivity index (χ1v) is 9.52. The lowest BCUT2D eigenvalue weighted by Crippen LogP contribution is -2.39. The smallest absolute Gasteiger partial charge is 0.229 e. The number of carbonyl (C=O) groups excluding carboxylic acids is 2. The summed E-state index contributed by atoms with van der Waals surface area (Å²) in [7, 11) is -3.55. The summed E-state index contributed by atoms with van der Waals surface area (Å²) in [5.74, 6) is -0.815. The van der Waals surface area contributed by atoms with E-state index >= 15 is 0 Å². The van der Waals surface area contributed by atoms with Crippen molar-refractivity contribution in [1.29, 1.82) is 0 Å². The zero-order chi connectivity index (χ0) is 16.4. The molecule has 0 radical (unpaired) electrons. The molecule has 1 aromatic carbocycles. The average molecular weight is 336 g/mol. The molecular formula is C16H20N2O4S. The molecule has 0 spiro atoms. The van der Waals surface area contributed by atoms with Crippen molar-refractivity contribution in [2.24, 2.45) is 0 Å². The lowest BCUT2D eigenvalue weighted by molar-refractivity contribution is -0.137. The van der Waals surface area contributed by atoms with E-state index in [0.29, 0.717) is 0 Å². The Balaban J connectivity index is 1.65. The zero-order valence-corrected chi connectivity index (χ0v) is 13.6. The first-order valence-electron chi connectivity index (χ1n) is 7.87. The van der Waals surface area contributed by atoms with E-state index in [9.17, 15) is 18.0 Å². The monoisotopic (exact) mass is 336 g/mol. The van der Waals surface area contributed by atoms with Gasteiger partial charge in [0, 0.05) is 25.4 Å². The highest BCUT2D eigenvalue weighted by atomic mass is 32.2. The van der Waals surface area contributed by atoms with Gasteiger partial charge in [0.25, 0.3) is 0 Å². The minimum atomic E-state index is -3.55. The van der Waals surface area contributed by atoms with Crippen LogP contribution >= 0.6 is 0 Å². The van der Waals surface area contributed by atoms with Crippen molar-refractivity contribution in [2.75, 3.05) is 12.3 Å². The molecule has 2 amide bonds. The van der Waals surface area contributed by atoms with Gasteiger partial charge in [-0.2, -0.15) is 0 Å². The summed E-state index contributed by atoms with van der Waals surface area (Å²) in [6.45, 7) is -0.0681. The molecule has 0 aromatic heterocycles. The number of fused-ring (bicyclic) bond motifs is 1. The van der Waals surface area contributed by atoms with E-state index in [1.54, 1.807) is 0 Å². The van der Waals surface area contributed by atoms with E-state index in [1.807, 2.05) is 24.3 Å². The quantitative estimate of drug-likeness (QED) is 0.817. The highest BCUT2D eigenvalue weighted by Crippen LogP contribution is 2.30. The van der Waals surface area contributed by atoms with E-state index in [-0.39, 0.29) is 43.0 Å². The van der Waals surface area contributed by atoms with Gasteiger partial charge in [-0.3, -0.25) is 14.5 Å². The number of hydrogen-bond donors (Lipinski definition) is 1. The second kappa shape index (κ2) is 6.41. The van der Waals surface area contributed by atoms with E-state index < -0.39 is 10.0 Å². The number of amides is 2. The van der Waals surface area contributed by atoms with Crippen molar-refractivity contribution in [3.05, 3.63) is 35.4 Å². The molecule has 1 fully saturated rings. The van der Waals surface area contributed by atoms with E-state index in [2.05, 4.69) is 4.72 Å². The Hall–Kier alpha value is -1.73. The molecular weight excluding hydrogens is 316 g/mol. The first kappa shape index (κ1) is 16.1. The molecule has 6 nitrogen and oxygen atoms in total. The number of hydrogen-bond acceptors (Lipinski definition) is 4. The summed E-state index contributed by atoms with van der Waals surface area (Å²) in [5.41, 5.74) is 2.20. The average Bonchev–Trinajstić information content (AvgIpc) is 2.84. The van der Waals surface area contributed by atoms with Crippen LogP contribution in [-0.4, -0.2) is 37.4 Å². The molecule has 1 unspecified atom stereocenters. The van der Waals surface area contributed by atoms with Crippen LogP contribution in [-0.2, 0) is 26.0 Å². The van der Waals surface area contributed by atoms with Crippen molar-refractivity contribution in [2.45, 2.75) is 38.1 Å². The highest BCUT2D eigenvalue weighted by molar-refractivity contribution is 7.89. The van der Waals surface area contributed by atoms with Gasteiger partial charge in [-0.1, -0.05) is 24.3 Å². The van der Waals surface area contributed by atoms with Crippen molar-refractivity contribution in [1.82, 2.24) is 9.62 Å². The van der Waals surface area contributed by atoms with Crippen LogP contribution in [0, 0.1) is 0 Å². The number of aryl methyl sites for hydroxylation is 1. The Morgan fingerprint density at radius 1 is 1.09 bits per heavy atom. The van der Waals surface area contributed by atoms with Crippen LogP contribution in [0.4, 0.5) is 0 Å². The third-order valence-electron chi connectivity index (χ3n) is 4.43. The fourth-order valence-electron chi connectivity index (χ4n) is 3.24. The van der Waals surface area contributed by atoms with Crippen molar-refractivity contribution in [3.63, 3.8) is 0 Å². The van der Waals surface area contributed by atoms with Crippen molar-refractivity contribution in [3.8, 4) is 0 Å². The molecule has 0 bridgehead atoms. The molecule has 1 aliphatic heterocycles. The summed E-state index contributed by atoms with van der Waals surface area (Å²) in [5, 5.41) is 0. The highest BCUT2D eigenvalue weighted by Gasteiger charge is 2.31. The number of likely N-dealkylation sites (tertiary alicyclic amines) is 1. The third kappa shape index (κ3) is 3.61. The zero-order valence-electron chi connectivity index (χ0n) is 12.8. The summed E-state index contributed by atoms with van der Waals surface area (Å²) in [6, 6.07) is 7.62. The minimum absolute atomic E-state index is 0.0681. The van der Waals surface area contributed by atoms with Gasteiger partial charge in [-0.05, 0) is 30.4 Å². The molecule has 3 rings (SSSR count). The molecule has 124 valence electrons. The standard InChI is InChI=1S/C16H20N2O4S/c19-15-8-9-16(20)18(15)10-11-23(21,22)17-14-7-3-5-12-4-1-2-6-13(12)14/h1-2,4,6,14,17H,3,5,7-11H2. The fourth-order valence-corrected chi connectivity index (χ4v) is 4.45. The number of sulfonamides is 1. The van der Waals surface area contributed by atoms with E-state index in [0.717, 1.165) is 29.7 Å².